The van der Waals surface area contributed by atoms with Crippen LogP contribution in [0.3, 0.4) is 0 Å². The summed E-state index contributed by atoms with van der Waals surface area (Å²) < 4.78 is 13.8. The Bertz CT molecular complexity index is 723. The fourth-order valence-corrected chi connectivity index (χ4v) is 2.23. The van der Waals surface area contributed by atoms with Crippen molar-refractivity contribution in [2.45, 2.75) is 13.3 Å². The Kier molecular flexibility index (Phi) is 2.95. The Labute approximate surface area is 111 Å². The van der Waals surface area contributed by atoms with Crippen LogP contribution in [0.15, 0.2) is 48.8 Å². The van der Waals surface area contributed by atoms with E-state index in [0.29, 0.717) is 5.52 Å². The van der Waals surface area contributed by atoms with E-state index in [4.69, 9.17) is 0 Å². The first-order valence-electron chi connectivity index (χ1n) is 6.28. The number of hydrogen-bond acceptors (Lipinski definition) is 2. The number of aromatic nitrogens is 2. The first kappa shape index (κ1) is 11.8. The standard InChI is InChI=1S/C16H13FN2/c1-2-11-9-12-5-3-7-14(17)16(12)19-15(11)13-6-4-8-18-10-13/h3-10H,2H2,1H3. The summed E-state index contributed by atoms with van der Waals surface area (Å²) in [5, 5.41) is 0.837. The minimum atomic E-state index is -0.287. The second-order valence-electron chi connectivity index (χ2n) is 4.40. The highest BCUT2D eigenvalue weighted by atomic mass is 19.1. The van der Waals surface area contributed by atoms with Gasteiger partial charge in [-0.3, -0.25) is 4.98 Å². The summed E-state index contributed by atoms with van der Waals surface area (Å²) in [5.74, 6) is -0.287. The van der Waals surface area contributed by atoms with Gasteiger partial charge in [0.15, 0.2) is 0 Å². The van der Waals surface area contributed by atoms with Crippen LogP contribution in [-0.4, -0.2) is 9.97 Å². The molecular formula is C16H13FN2. The maximum atomic E-state index is 13.8. The van der Waals surface area contributed by atoms with Crippen LogP contribution in [0.4, 0.5) is 4.39 Å². The molecule has 0 spiro atoms. The lowest BCUT2D eigenvalue weighted by Crippen LogP contribution is -1.95. The number of aryl methyl sites for hydroxylation is 1. The van der Waals surface area contributed by atoms with Crippen molar-refractivity contribution in [2.75, 3.05) is 0 Å². The van der Waals surface area contributed by atoms with Gasteiger partial charge >= 0.3 is 0 Å². The molecule has 3 aromatic rings. The third-order valence-corrected chi connectivity index (χ3v) is 3.19. The predicted octanol–water partition coefficient (Wildman–Crippen LogP) is 4.00. The molecule has 2 aromatic heterocycles. The second-order valence-corrected chi connectivity index (χ2v) is 4.40. The van der Waals surface area contributed by atoms with Gasteiger partial charge in [-0.05, 0) is 36.2 Å². The van der Waals surface area contributed by atoms with Gasteiger partial charge < -0.3 is 0 Å². The summed E-state index contributed by atoms with van der Waals surface area (Å²) >= 11 is 0. The molecule has 0 amide bonds. The number of pyridine rings is 2. The quantitative estimate of drug-likeness (QED) is 0.689. The van der Waals surface area contributed by atoms with Crippen LogP contribution in [0.1, 0.15) is 12.5 Å². The summed E-state index contributed by atoms with van der Waals surface area (Å²) in [7, 11) is 0. The first-order valence-corrected chi connectivity index (χ1v) is 6.28. The van der Waals surface area contributed by atoms with Gasteiger partial charge in [0.1, 0.15) is 11.3 Å². The van der Waals surface area contributed by atoms with Crippen molar-refractivity contribution < 1.29 is 4.39 Å². The Morgan fingerprint density at radius 2 is 2.05 bits per heavy atom. The average molecular weight is 252 g/mol. The van der Waals surface area contributed by atoms with Crippen LogP contribution < -0.4 is 0 Å². The lowest BCUT2D eigenvalue weighted by molar-refractivity contribution is 0.637. The van der Waals surface area contributed by atoms with Crippen LogP contribution in [0.5, 0.6) is 0 Å². The molecular weight excluding hydrogens is 239 g/mol. The van der Waals surface area contributed by atoms with Gasteiger partial charge in [0.05, 0.1) is 5.69 Å². The topological polar surface area (TPSA) is 25.8 Å². The van der Waals surface area contributed by atoms with Gasteiger partial charge in [-0.1, -0.05) is 19.1 Å². The molecule has 0 N–H and O–H groups in total. The normalized spacial score (nSPS) is 10.8. The maximum Gasteiger partial charge on any atom is 0.149 e. The molecule has 0 fully saturated rings. The van der Waals surface area contributed by atoms with Gasteiger partial charge in [-0.15, -0.1) is 0 Å². The van der Waals surface area contributed by atoms with E-state index in [0.717, 1.165) is 28.6 Å². The third-order valence-electron chi connectivity index (χ3n) is 3.19. The summed E-state index contributed by atoms with van der Waals surface area (Å²) in [4.78, 5) is 8.61. The van der Waals surface area contributed by atoms with Gasteiger partial charge in [0.2, 0.25) is 0 Å². The number of para-hydroxylation sites is 1. The molecule has 0 aliphatic heterocycles. The molecule has 3 heteroatoms. The summed E-state index contributed by atoms with van der Waals surface area (Å²) in [6.45, 7) is 2.07. The fourth-order valence-electron chi connectivity index (χ4n) is 2.23. The zero-order chi connectivity index (χ0) is 13.2. The summed E-state index contributed by atoms with van der Waals surface area (Å²) in [5.41, 5.74) is 3.25. The van der Waals surface area contributed by atoms with E-state index in [1.54, 1.807) is 18.5 Å². The molecule has 2 nitrogen and oxygen atoms in total. The maximum absolute atomic E-state index is 13.8. The zero-order valence-corrected chi connectivity index (χ0v) is 10.6. The predicted molar refractivity (Wildman–Crippen MR) is 74.3 cm³/mol. The van der Waals surface area contributed by atoms with Crippen LogP contribution in [0.2, 0.25) is 0 Å². The molecule has 0 saturated heterocycles. The minimum absolute atomic E-state index is 0.287. The Morgan fingerprint density at radius 3 is 2.79 bits per heavy atom. The molecule has 3 rings (SSSR count). The lowest BCUT2D eigenvalue weighted by atomic mass is 10.0. The largest absolute Gasteiger partial charge is 0.264 e. The number of hydrogen-bond donors (Lipinski definition) is 0. The summed E-state index contributed by atoms with van der Waals surface area (Å²) in [6.07, 6.45) is 4.33. The zero-order valence-electron chi connectivity index (χ0n) is 10.6. The molecule has 2 heterocycles. The van der Waals surface area contributed by atoms with Gasteiger partial charge in [-0.25, -0.2) is 9.37 Å². The smallest absolute Gasteiger partial charge is 0.149 e. The monoisotopic (exact) mass is 252 g/mol. The van der Waals surface area contributed by atoms with E-state index in [1.165, 1.54) is 6.07 Å². The Balaban J connectivity index is 2.32. The highest BCUT2D eigenvalue weighted by Gasteiger charge is 2.10. The molecule has 94 valence electrons. The van der Waals surface area contributed by atoms with E-state index in [1.807, 2.05) is 24.3 Å². The molecule has 1 aromatic carbocycles. The number of benzene rings is 1. The molecule has 0 aliphatic rings. The molecule has 0 aliphatic carbocycles. The molecule has 0 atom stereocenters. The van der Waals surface area contributed by atoms with Crippen molar-refractivity contribution in [3.8, 4) is 11.3 Å². The van der Waals surface area contributed by atoms with Crippen LogP contribution in [-0.2, 0) is 6.42 Å². The van der Waals surface area contributed by atoms with Crippen molar-refractivity contribution in [3.63, 3.8) is 0 Å². The van der Waals surface area contributed by atoms with Crippen molar-refractivity contribution in [2.24, 2.45) is 0 Å². The van der Waals surface area contributed by atoms with Gasteiger partial charge in [0, 0.05) is 23.3 Å². The molecule has 0 unspecified atom stereocenters. The van der Waals surface area contributed by atoms with Crippen molar-refractivity contribution in [1.82, 2.24) is 9.97 Å². The van der Waals surface area contributed by atoms with Crippen molar-refractivity contribution in [3.05, 3.63) is 60.2 Å². The molecule has 0 radical (unpaired) electrons. The third kappa shape index (κ3) is 2.08. The van der Waals surface area contributed by atoms with E-state index >= 15 is 0 Å². The molecule has 0 saturated carbocycles. The first-order chi connectivity index (χ1) is 9.29. The molecule has 19 heavy (non-hydrogen) atoms. The van der Waals surface area contributed by atoms with E-state index in [9.17, 15) is 4.39 Å². The van der Waals surface area contributed by atoms with Crippen LogP contribution in [0, 0.1) is 5.82 Å². The highest BCUT2D eigenvalue weighted by molar-refractivity contribution is 5.83. The lowest BCUT2D eigenvalue weighted by Gasteiger charge is -2.09. The highest BCUT2D eigenvalue weighted by Crippen LogP contribution is 2.26. The number of fused-ring (bicyclic) bond motifs is 1. The number of halogens is 1. The Morgan fingerprint density at radius 1 is 1.16 bits per heavy atom. The van der Waals surface area contributed by atoms with Gasteiger partial charge in [-0.2, -0.15) is 0 Å². The Hall–Kier alpha value is -2.29. The van der Waals surface area contributed by atoms with Crippen molar-refractivity contribution >= 4 is 10.9 Å². The fraction of sp³-hybridized carbons (Fsp3) is 0.125. The van der Waals surface area contributed by atoms with Crippen LogP contribution >= 0.6 is 0 Å². The second kappa shape index (κ2) is 4.76. The number of rotatable bonds is 2. The molecule has 0 bridgehead atoms. The summed E-state index contributed by atoms with van der Waals surface area (Å²) in [6, 6.07) is 10.9. The van der Waals surface area contributed by atoms with Gasteiger partial charge in [0.25, 0.3) is 0 Å². The number of nitrogens with zero attached hydrogens (tertiary/aromatic N) is 2. The SMILES string of the molecule is CCc1cc2cccc(F)c2nc1-c1cccnc1. The average Bonchev–Trinajstić information content (AvgIpc) is 2.47. The van der Waals surface area contributed by atoms with E-state index < -0.39 is 0 Å². The van der Waals surface area contributed by atoms with Crippen molar-refractivity contribution in [1.29, 1.82) is 0 Å². The minimum Gasteiger partial charge on any atom is -0.264 e. The van der Waals surface area contributed by atoms with E-state index in [-0.39, 0.29) is 5.82 Å². The van der Waals surface area contributed by atoms with E-state index in [2.05, 4.69) is 16.9 Å². The van der Waals surface area contributed by atoms with Crippen LogP contribution in [0.25, 0.3) is 22.2 Å².